The standard InChI is InChI=1S/C6H8O.C5H7NO/c1-5-3-4-6(2)7-5;1-4-3-6-5(2)7-4/h3-4H,1-2H3;3H,1-2H3. The Bertz CT molecular complexity index is 316. The lowest BCUT2D eigenvalue weighted by Gasteiger charge is -1.76. The zero-order valence-electron chi connectivity index (χ0n) is 9.00. The van der Waals surface area contributed by atoms with E-state index in [1.54, 1.807) is 6.20 Å². The van der Waals surface area contributed by atoms with Gasteiger partial charge in [0.1, 0.15) is 17.3 Å². The van der Waals surface area contributed by atoms with E-state index in [2.05, 4.69) is 4.98 Å². The van der Waals surface area contributed by atoms with Crippen molar-refractivity contribution in [3.8, 4) is 0 Å². The number of hydrogen-bond acceptors (Lipinski definition) is 3. The van der Waals surface area contributed by atoms with Crippen molar-refractivity contribution in [3.63, 3.8) is 0 Å². The molecule has 0 aliphatic rings. The van der Waals surface area contributed by atoms with Crippen LogP contribution in [0, 0.1) is 27.7 Å². The monoisotopic (exact) mass is 193 g/mol. The fourth-order valence-corrected chi connectivity index (χ4v) is 1.02. The van der Waals surface area contributed by atoms with Crippen molar-refractivity contribution in [3.05, 3.63) is 41.5 Å². The van der Waals surface area contributed by atoms with Gasteiger partial charge in [-0.05, 0) is 32.9 Å². The third-order valence-corrected chi connectivity index (χ3v) is 1.61. The molecule has 0 spiro atoms. The van der Waals surface area contributed by atoms with Crippen molar-refractivity contribution in [1.29, 1.82) is 0 Å². The van der Waals surface area contributed by atoms with Crippen molar-refractivity contribution in [2.45, 2.75) is 27.7 Å². The largest absolute Gasteiger partial charge is 0.467 e. The second-order valence-corrected chi connectivity index (χ2v) is 3.15. The van der Waals surface area contributed by atoms with E-state index in [0.717, 1.165) is 23.2 Å². The summed E-state index contributed by atoms with van der Waals surface area (Å²) in [6.45, 7) is 7.58. The molecule has 0 N–H and O–H groups in total. The molecule has 0 atom stereocenters. The van der Waals surface area contributed by atoms with E-state index in [1.807, 2.05) is 39.8 Å². The van der Waals surface area contributed by atoms with Crippen LogP contribution in [0.2, 0.25) is 0 Å². The molecular weight excluding hydrogens is 178 g/mol. The zero-order valence-corrected chi connectivity index (χ0v) is 9.00. The maximum absolute atomic E-state index is 5.08. The Kier molecular flexibility index (Phi) is 3.51. The van der Waals surface area contributed by atoms with Gasteiger partial charge in [0.15, 0.2) is 5.89 Å². The molecule has 14 heavy (non-hydrogen) atoms. The fourth-order valence-electron chi connectivity index (χ4n) is 1.02. The minimum Gasteiger partial charge on any atom is -0.467 e. The van der Waals surface area contributed by atoms with Gasteiger partial charge < -0.3 is 8.83 Å². The zero-order chi connectivity index (χ0) is 10.6. The number of nitrogens with zero attached hydrogens (tertiary/aromatic N) is 1. The van der Waals surface area contributed by atoms with Crippen LogP contribution < -0.4 is 0 Å². The van der Waals surface area contributed by atoms with Gasteiger partial charge in [0.05, 0.1) is 6.20 Å². The van der Waals surface area contributed by atoms with Gasteiger partial charge in [0.25, 0.3) is 0 Å². The summed E-state index contributed by atoms with van der Waals surface area (Å²) < 4.78 is 10.1. The molecule has 0 unspecified atom stereocenters. The first-order chi connectivity index (χ1) is 6.58. The molecule has 0 saturated heterocycles. The maximum Gasteiger partial charge on any atom is 0.191 e. The van der Waals surface area contributed by atoms with Crippen LogP contribution in [-0.4, -0.2) is 4.98 Å². The quantitative estimate of drug-likeness (QED) is 0.645. The number of oxazole rings is 1. The highest BCUT2D eigenvalue weighted by molar-refractivity contribution is 5.02. The molecule has 3 nitrogen and oxygen atoms in total. The van der Waals surface area contributed by atoms with Gasteiger partial charge in [-0.3, -0.25) is 0 Å². The maximum atomic E-state index is 5.08. The number of furan rings is 1. The lowest BCUT2D eigenvalue weighted by molar-refractivity contribution is 0.494. The number of hydrogen-bond donors (Lipinski definition) is 0. The average molecular weight is 193 g/mol. The van der Waals surface area contributed by atoms with Gasteiger partial charge in [-0.25, -0.2) is 4.98 Å². The van der Waals surface area contributed by atoms with Crippen molar-refractivity contribution in [2.24, 2.45) is 0 Å². The molecule has 0 fully saturated rings. The predicted octanol–water partition coefficient (Wildman–Crippen LogP) is 3.19. The average Bonchev–Trinajstić information content (AvgIpc) is 2.63. The molecule has 0 aromatic carbocycles. The molecule has 3 heteroatoms. The number of aromatic nitrogens is 1. The molecule has 2 heterocycles. The summed E-state index contributed by atoms with van der Waals surface area (Å²) in [7, 11) is 0. The van der Waals surface area contributed by atoms with Crippen LogP contribution in [0.3, 0.4) is 0 Å². The SMILES string of the molecule is Cc1ccc(C)o1.Cc1cnc(C)o1. The number of rotatable bonds is 0. The topological polar surface area (TPSA) is 39.2 Å². The van der Waals surface area contributed by atoms with Crippen molar-refractivity contribution < 1.29 is 8.83 Å². The van der Waals surface area contributed by atoms with E-state index in [-0.39, 0.29) is 0 Å². The molecule has 0 bridgehead atoms. The van der Waals surface area contributed by atoms with Gasteiger partial charge in [-0.1, -0.05) is 0 Å². The van der Waals surface area contributed by atoms with Crippen LogP contribution in [0.1, 0.15) is 23.2 Å². The first kappa shape index (κ1) is 10.6. The lowest BCUT2D eigenvalue weighted by atomic mass is 10.5. The van der Waals surface area contributed by atoms with Gasteiger partial charge in [0, 0.05) is 6.92 Å². The minimum atomic E-state index is 0.734. The summed E-state index contributed by atoms with van der Waals surface area (Å²) in [5, 5.41) is 0. The minimum absolute atomic E-state index is 0.734. The van der Waals surface area contributed by atoms with Gasteiger partial charge in [-0.15, -0.1) is 0 Å². The third kappa shape index (κ3) is 3.47. The fraction of sp³-hybridized carbons (Fsp3) is 0.364. The van der Waals surface area contributed by atoms with E-state index in [9.17, 15) is 0 Å². The second kappa shape index (κ2) is 4.65. The van der Waals surface area contributed by atoms with Crippen LogP contribution in [0.15, 0.2) is 27.2 Å². The Balaban J connectivity index is 0.000000140. The molecule has 2 rings (SSSR count). The Morgan fingerprint density at radius 1 is 0.857 bits per heavy atom. The first-order valence-electron chi connectivity index (χ1n) is 4.50. The van der Waals surface area contributed by atoms with Gasteiger partial charge in [-0.2, -0.15) is 0 Å². The van der Waals surface area contributed by atoms with E-state index in [0.29, 0.717) is 0 Å². The Morgan fingerprint density at radius 3 is 1.57 bits per heavy atom. The van der Waals surface area contributed by atoms with E-state index >= 15 is 0 Å². The van der Waals surface area contributed by atoms with Gasteiger partial charge in [0.2, 0.25) is 0 Å². The van der Waals surface area contributed by atoms with Crippen LogP contribution in [0.25, 0.3) is 0 Å². The normalized spacial score (nSPS) is 9.43. The van der Waals surface area contributed by atoms with Crippen LogP contribution >= 0.6 is 0 Å². The molecule has 2 aromatic rings. The Labute approximate surface area is 83.8 Å². The van der Waals surface area contributed by atoms with E-state index in [4.69, 9.17) is 8.83 Å². The van der Waals surface area contributed by atoms with E-state index < -0.39 is 0 Å². The summed E-state index contributed by atoms with van der Waals surface area (Å²) in [6.07, 6.45) is 1.70. The van der Waals surface area contributed by atoms with Crippen LogP contribution in [0.4, 0.5) is 0 Å². The molecule has 76 valence electrons. The second-order valence-electron chi connectivity index (χ2n) is 3.15. The molecule has 0 aliphatic heterocycles. The molecule has 0 saturated carbocycles. The lowest BCUT2D eigenvalue weighted by Crippen LogP contribution is -1.59. The third-order valence-electron chi connectivity index (χ3n) is 1.61. The Hall–Kier alpha value is -1.51. The highest BCUT2D eigenvalue weighted by Gasteiger charge is 1.87. The Morgan fingerprint density at radius 2 is 1.43 bits per heavy atom. The molecule has 0 amide bonds. The van der Waals surface area contributed by atoms with E-state index in [1.165, 1.54) is 0 Å². The summed E-state index contributed by atoms with van der Waals surface area (Å²) in [6, 6.07) is 3.91. The molecule has 0 aliphatic carbocycles. The first-order valence-corrected chi connectivity index (χ1v) is 4.50. The van der Waals surface area contributed by atoms with Crippen LogP contribution in [-0.2, 0) is 0 Å². The summed E-state index contributed by atoms with van der Waals surface area (Å²) in [5.74, 6) is 3.57. The van der Waals surface area contributed by atoms with Crippen LogP contribution in [0.5, 0.6) is 0 Å². The molecule has 0 radical (unpaired) electrons. The van der Waals surface area contributed by atoms with Crippen molar-refractivity contribution in [2.75, 3.05) is 0 Å². The van der Waals surface area contributed by atoms with Gasteiger partial charge >= 0.3 is 0 Å². The van der Waals surface area contributed by atoms with Crippen molar-refractivity contribution in [1.82, 2.24) is 4.98 Å². The highest BCUT2D eigenvalue weighted by Crippen LogP contribution is 2.02. The predicted molar refractivity (Wildman–Crippen MR) is 54.2 cm³/mol. The summed E-state index contributed by atoms with van der Waals surface area (Å²) in [4.78, 5) is 3.85. The summed E-state index contributed by atoms with van der Waals surface area (Å²) >= 11 is 0. The molecule has 2 aromatic heterocycles. The number of aryl methyl sites for hydroxylation is 4. The van der Waals surface area contributed by atoms with Crippen molar-refractivity contribution >= 4 is 0 Å². The smallest absolute Gasteiger partial charge is 0.191 e. The highest BCUT2D eigenvalue weighted by atomic mass is 16.3. The molecular formula is C11H15NO2. The summed E-state index contributed by atoms with van der Waals surface area (Å²) in [5.41, 5.74) is 0.